The Hall–Kier alpha value is -2.47. The van der Waals surface area contributed by atoms with E-state index < -0.39 is 0 Å². The van der Waals surface area contributed by atoms with Crippen LogP contribution >= 0.6 is 11.6 Å². The van der Waals surface area contributed by atoms with Gasteiger partial charge in [-0.3, -0.25) is 9.69 Å². The van der Waals surface area contributed by atoms with Crippen LogP contribution in [0.4, 0.5) is 0 Å². The molecular formula is C23H25ClN4O. The maximum atomic E-state index is 12.6. The Morgan fingerprint density at radius 2 is 1.83 bits per heavy atom. The quantitative estimate of drug-likeness (QED) is 0.656. The van der Waals surface area contributed by atoms with E-state index >= 15 is 0 Å². The second-order valence-electron chi connectivity index (χ2n) is 7.62. The van der Waals surface area contributed by atoms with Gasteiger partial charge in [-0.1, -0.05) is 35.9 Å². The van der Waals surface area contributed by atoms with Crippen molar-refractivity contribution in [3.8, 4) is 0 Å². The Labute approximate surface area is 176 Å². The highest BCUT2D eigenvalue weighted by molar-refractivity contribution is 6.29. The largest absolute Gasteiger partial charge is 0.348 e. The summed E-state index contributed by atoms with van der Waals surface area (Å²) in [6.07, 6.45) is 0. The molecule has 0 bridgehead atoms. The Morgan fingerprint density at radius 3 is 2.66 bits per heavy atom. The molecule has 6 heteroatoms. The van der Waals surface area contributed by atoms with Crippen LogP contribution in [-0.2, 0) is 13.1 Å². The van der Waals surface area contributed by atoms with Gasteiger partial charge in [-0.2, -0.15) is 0 Å². The van der Waals surface area contributed by atoms with Gasteiger partial charge in [0.25, 0.3) is 5.91 Å². The summed E-state index contributed by atoms with van der Waals surface area (Å²) in [5.74, 6) is -0.0914. The highest BCUT2D eigenvalue weighted by atomic mass is 35.5. The molecule has 0 aliphatic carbocycles. The average molecular weight is 409 g/mol. The van der Waals surface area contributed by atoms with Gasteiger partial charge < -0.3 is 10.2 Å². The van der Waals surface area contributed by atoms with E-state index in [9.17, 15) is 4.79 Å². The predicted octanol–water partition coefficient (Wildman–Crippen LogP) is 3.57. The molecule has 1 aliphatic rings. The highest BCUT2D eigenvalue weighted by Gasteiger charge is 2.14. The highest BCUT2D eigenvalue weighted by Crippen LogP contribution is 2.17. The summed E-state index contributed by atoms with van der Waals surface area (Å²) in [6, 6.07) is 17.5. The summed E-state index contributed by atoms with van der Waals surface area (Å²) in [5.41, 5.74) is 3.80. The van der Waals surface area contributed by atoms with E-state index in [-0.39, 0.29) is 5.91 Å². The van der Waals surface area contributed by atoms with Crippen LogP contribution < -0.4 is 5.32 Å². The summed E-state index contributed by atoms with van der Waals surface area (Å²) in [5, 5.41) is 4.37. The lowest BCUT2D eigenvalue weighted by Gasteiger charge is -2.32. The molecule has 1 saturated heterocycles. The van der Waals surface area contributed by atoms with E-state index in [4.69, 9.17) is 11.6 Å². The molecule has 1 fully saturated rings. The zero-order chi connectivity index (χ0) is 20.2. The van der Waals surface area contributed by atoms with Gasteiger partial charge in [0.2, 0.25) is 0 Å². The normalized spacial score (nSPS) is 15.5. The number of amides is 1. The number of halogens is 1. The van der Waals surface area contributed by atoms with Crippen molar-refractivity contribution in [3.05, 3.63) is 76.4 Å². The average Bonchev–Trinajstić information content (AvgIpc) is 2.73. The number of rotatable bonds is 5. The van der Waals surface area contributed by atoms with Crippen LogP contribution in [0.25, 0.3) is 10.9 Å². The number of pyridine rings is 1. The first-order chi connectivity index (χ1) is 14.1. The molecule has 150 valence electrons. The second kappa shape index (κ2) is 8.91. The first kappa shape index (κ1) is 19.8. The van der Waals surface area contributed by atoms with Crippen molar-refractivity contribution in [1.82, 2.24) is 20.1 Å². The number of fused-ring (bicyclic) bond motifs is 1. The minimum atomic E-state index is -0.0914. The first-order valence-corrected chi connectivity index (χ1v) is 10.3. The lowest BCUT2D eigenvalue weighted by Crippen LogP contribution is -2.43. The number of carbonyl (C=O) groups is 1. The zero-order valence-electron chi connectivity index (χ0n) is 16.6. The molecule has 0 unspecified atom stereocenters. The van der Waals surface area contributed by atoms with Crippen molar-refractivity contribution in [1.29, 1.82) is 0 Å². The van der Waals surface area contributed by atoms with Gasteiger partial charge in [-0.25, -0.2) is 4.98 Å². The Balaban J connectivity index is 1.37. The van der Waals surface area contributed by atoms with Gasteiger partial charge in [0.05, 0.1) is 5.52 Å². The van der Waals surface area contributed by atoms with Gasteiger partial charge in [0.15, 0.2) is 0 Å². The monoisotopic (exact) mass is 408 g/mol. The van der Waals surface area contributed by atoms with Crippen LogP contribution in [0.5, 0.6) is 0 Å². The summed E-state index contributed by atoms with van der Waals surface area (Å²) in [7, 11) is 2.17. The van der Waals surface area contributed by atoms with Crippen molar-refractivity contribution in [2.75, 3.05) is 33.2 Å². The number of hydrogen-bond acceptors (Lipinski definition) is 4. The molecule has 1 aromatic heterocycles. The van der Waals surface area contributed by atoms with Gasteiger partial charge in [-0.15, -0.1) is 0 Å². The second-order valence-corrected chi connectivity index (χ2v) is 8.01. The predicted molar refractivity (Wildman–Crippen MR) is 117 cm³/mol. The van der Waals surface area contributed by atoms with E-state index in [1.807, 2.05) is 18.2 Å². The minimum absolute atomic E-state index is 0.0914. The smallest absolute Gasteiger partial charge is 0.251 e. The molecule has 3 aromatic rings. The van der Waals surface area contributed by atoms with E-state index in [1.165, 1.54) is 5.56 Å². The van der Waals surface area contributed by atoms with E-state index in [1.54, 1.807) is 12.1 Å². The Morgan fingerprint density at radius 1 is 1.03 bits per heavy atom. The molecule has 0 saturated carbocycles. The Kier molecular flexibility index (Phi) is 6.09. The number of piperazine rings is 1. The fourth-order valence-corrected chi connectivity index (χ4v) is 3.78. The van der Waals surface area contributed by atoms with Crippen molar-refractivity contribution < 1.29 is 4.79 Å². The van der Waals surface area contributed by atoms with Crippen LogP contribution in [0.3, 0.4) is 0 Å². The molecule has 1 N–H and O–H groups in total. The minimum Gasteiger partial charge on any atom is -0.348 e. The molecular weight excluding hydrogens is 384 g/mol. The zero-order valence-corrected chi connectivity index (χ0v) is 17.3. The molecule has 5 nitrogen and oxygen atoms in total. The van der Waals surface area contributed by atoms with E-state index in [2.05, 4.69) is 51.4 Å². The van der Waals surface area contributed by atoms with Crippen molar-refractivity contribution in [2.24, 2.45) is 0 Å². The summed E-state index contributed by atoms with van der Waals surface area (Å²) in [6.45, 7) is 5.88. The van der Waals surface area contributed by atoms with Gasteiger partial charge >= 0.3 is 0 Å². The third-order valence-electron chi connectivity index (χ3n) is 5.36. The van der Waals surface area contributed by atoms with Gasteiger partial charge in [-0.05, 0) is 48.5 Å². The van der Waals surface area contributed by atoms with Crippen LogP contribution in [0, 0.1) is 0 Å². The van der Waals surface area contributed by atoms with Crippen molar-refractivity contribution in [3.63, 3.8) is 0 Å². The molecule has 2 aromatic carbocycles. The molecule has 1 aliphatic heterocycles. The number of benzene rings is 2. The van der Waals surface area contributed by atoms with Crippen LogP contribution in [0.2, 0.25) is 5.15 Å². The summed E-state index contributed by atoms with van der Waals surface area (Å²) in [4.78, 5) is 21.7. The summed E-state index contributed by atoms with van der Waals surface area (Å²) < 4.78 is 0. The van der Waals surface area contributed by atoms with Crippen molar-refractivity contribution >= 4 is 28.4 Å². The third kappa shape index (κ3) is 5.12. The van der Waals surface area contributed by atoms with Crippen LogP contribution in [0.1, 0.15) is 21.5 Å². The van der Waals surface area contributed by atoms with Crippen molar-refractivity contribution in [2.45, 2.75) is 13.1 Å². The Bertz CT molecular complexity index is 1010. The number of nitrogens with zero attached hydrogens (tertiary/aromatic N) is 3. The molecule has 0 radical (unpaired) electrons. The fourth-order valence-electron chi connectivity index (χ4n) is 3.63. The lowest BCUT2D eigenvalue weighted by atomic mass is 10.1. The SMILES string of the molecule is CN1CCN(Cc2cccc(CNC(=O)c3ccc4nc(Cl)ccc4c3)c2)CC1. The number of carbonyl (C=O) groups excluding carboxylic acids is 1. The van der Waals surface area contributed by atoms with E-state index in [0.717, 1.165) is 49.2 Å². The van der Waals surface area contributed by atoms with Crippen LogP contribution in [0.15, 0.2) is 54.6 Å². The lowest BCUT2D eigenvalue weighted by molar-refractivity contribution is 0.0951. The fraction of sp³-hybridized carbons (Fsp3) is 0.304. The van der Waals surface area contributed by atoms with Gasteiger partial charge in [0.1, 0.15) is 5.15 Å². The number of hydrogen-bond donors (Lipinski definition) is 1. The number of likely N-dealkylation sites (N-methyl/N-ethyl adjacent to an activating group) is 1. The molecule has 4 rings (SSSR count). The maximum absolute atomic E-state index is 12.6. The molecule has 2 heterocycles. The standard InChI is InChI=1S/C23H25ClN4O/c1-27-9-11-28(12-10-27)16-18-4-2-3-17(13-18)15-25-23(29)20-5-7-21-19(14-20)6-8-22(24)26-21/h2-8,13-14H,9-12,15-16H2,1H3,(H,25,29). The molecule has 0 atom stereocenters. The third-order valence-corrected chi connectivity index (χ3v) is 5.57. The summed E-state index contributed by atoms with van der Waals surface area (Å²) >= 11 is 5.92. The first-order valence-electron chi connectivity index (χ1n) is 9.90. The number of aromatic nitrogens is 1. The van der Waals surface area contributed by atoms with Crippen LogP contribution in [-0.4, -0.2) is 53.9 Å². The van der Waals surface area contributed by atoms with Gasteiger partial charge in [0, 0.05) is 50.2 Å². The topological polar surface area (TPSA) is 48.5 Å². The van der Waals surface area contributed by atoms with E-state index in [0.29, 0.717) is 17.3 Å². The molecule has 1 amide bonds. The number of nitrogens with one attached hydrogen (secondary N) is 1. The maximum Gasteiger partial charge on any atom is 0.251 e. The molecule has 29 heavy (non-hydrogen) atoms. The molecule has 0 spiro atoms.